The second-order valence-corrected chi connectivity index (χ2v) is 5.84. The van der Waals surface area contributed by atoms with E-state index in [4.69, 9.17) is 0 Å². The van der Waals surface area contributed by atoms with Gasteiger partial charge < -0.3 is 5.11 Å². The molecule has 0 spiro atoms. The second-order valence-electron chi connectivity index (χ2n) is 4.99. The molecular weight excluding hydrogens is 320 g/mol. The van der Waals surface area contributed by atoms with Crippen molar-refractivity contribution >= 4 is 27.7 Å². The number of rotatable bonds is 4. The molecule has 20 heavy (non-hydrogen) atoms. The van der Waals surface area contributed by atoms with Gasteiger partial charge in [0, 0.05) is 18.8 Å². The summed E-state index contributed by atoms with van der Waals surface area (Å²) in [5.41, 5.74) is 1.74. The summed E-state index contributed by atoms with van der Waals surface area (Å²) in [6.45, 7) is 2.18. The zero-order chi connectivity index (χ0) is 13.9. The van der Waals surface area contributed by atoms with Crippen LogP contribution in [0.4, 0.5) is 0 Å². The SMILES string of the molecule is OC[C@@H]1CCCN1C/C=C/c1ccn2ncc(Br)c2n1. The Bertz CT molecular complexity index is 625. The summed E-state index contributed by atoms with van der Waals surface area (Å²) in [5, 5.41) is 13.5. The van der Waals surface area contributed by atoms with Crippen molar-refractivity contribution in [2.75, 3.05) is 19.7 Å². The highest BCUT2D eigenvalue weighted by molar-refractivity contribution is 9.10. The van der Waals surface area contributed by atoms with Crippen LogP contribution < -0.4 is 0 Å². The van der Waals surface area contributed by atoms with Crippen LogP contribution in [0.1, 0.15) is 18.5 Å². The largest absolute Gasteiger partial charge is 0.395 e. The minimum absolute atomic E-state index is 0.251. The lowest BCUT2D eigenvalue weighted by molar-refractivity contribution is 0.170. The van der Waals surface area contributed by atoms with Crippen molar-refractivity contribution < 1.29 is 5.11 Å². The van der Waals surface area contributed by atoms with E-state index >= 15 is 0 Å². The second kappa shape index (κ2) is 6.03. The Labute approximate surface area is 126 Å². The fourth-order valence-corrected chi connectivity index (χ4v) is 2.96. The average Bonchev–Trinajstić information content (AvgIpc) is 3.06. The molecule has 0 radical (unpaired) electrons. The summed E-state index contributed by atoms with van der Waals surface area (Å²) < 4.78 is 2.64. The van der Waals surface area contributed by atoms with E-state index < -0.39 is 0 Å². The maximum absolute atomic E-state index is 9.29. The minimum atomic E-state index is 0.251. The van der Waals surface area contributed by atoms with Gasteiger partial charge in [0.2, 0.25) is 0 Å². The zero-order valence-corrected chi connectivity index (χ0v) is 12.7. The molecule has 1 fully saturated rings. The molecule has 1 N–H and O–H groups in total. The predicted octanol–water partition coefficient (Wildman–Crippen LogP) is 1.96. The molecule has 1 aliphatic heterocycles. The van der Waals surface area contributed by atoms with Crippen molar-refractivity contribution in [1.29, 1.82) is 0 Å². The monoisotopic (exact) mass is 336 g/mol. The number of nitrogens with zero attached hydrogens (tertiary/aromatic N) is 4. The normalized spacial score (nSPS) is 20.4. The number of aromatic nitrogens is 3. The molecular formula is C14H17BrN4O. The Morgan fingerprint density at radius 3 is 3.25 bits per heavy atom. The van der Waals surface area contributed by atoms with E-state index in [0.717, 1.165) is 35.3 Å². The molecule has 5 nitrogen and oxygen atoms in total. The molecule has 1 saturated heterocycles. The third-order valence-corrected chi connectivity index (χ3v) is 4.25. The van der Waals surface area contributed by atoms with Crippen LogP contribution in [0.15, 0.2) is 29.0 Å². The van der Waals surface area contributed by atoms with Gasteiger partial charge in [0.1, 0.15) is 0 Å². The molecule has 0 aliphatic carbocycles. The summed E-state index contributed by atoms with van der Waals surface area (Å²) >= 11 is 3.43. The maximum atomic E-state index is 9.29. The number of aliphatic hydroxyl groups excluding tert-OH is 1. The Hall–Kier alpha value is -1.24. The van der Waals surface area contributed by atoms with E-state index in [-0.39, 0.29) is 6.61 Å². The molecule has 1 atom stereocenters. The Morgan fingerprint density at radius 2 is 2.40 bits per heavy atom. The molecule has 0 bridgehead atoms. The van der Waals surface area contributed by atoms with Gasteiger partial charge in [-0.05, 0) is 47.5 Å². The predicted molar refractivity (Wildman–Crippen MR) is 81.4 cm³/mol. The van der Waals surface area contributed by atoms with Crippen LogP contribution in [0.5, 0.6) is 0 Å². The summed E-state index contributed by atoms with van der Waals surface area (Å²) in [4.78, 5) is 6.85. The first-order valence-corrected chi connectivity index (χ1v) is 7.58. The Morgan fingerprint density at radius 1 is 1.50 bits per heavy atom. The minimum Gasteiger partial charge on any atom is -0.395 e. The molecule has 3 heterocycles. The molecule has 106 valence electrons. The summed E-state index contributed by atoms with van der Waals surface area (Å²) in [6, 6.07) is 2.26. The summed E-state index contributed by atoms with van der Waals surface area (Å²) in [7, 11) is 0. The van der Waals surface area contributed by atoms with E-state index in [2.05, 4.69) is 37.0 Å². The average molecular weight is 337 g/mol. The molecule has 0 amide bonds. The standard InChI is InChI=1S/C14H17BrN4O/c15-13-9-16-19-8-5-11(17-14(13)19)3-1-6-18-7-2-4-12(18)10-20/h1,3,5,8-9,12,20H,2,4,6-7,10H2/b3-1+/t12-/m0/s1. The lowest BCUT2D eigenvalue weighted by Gasteiger charge is -2.20. The topological polar surface area (TPSA) is 53.7 Å². The van der Waals surface area contributed by atoms with Crippen LogP contribution in [0.3, 0.4) is 0 Å². The van der Waals surface area contributed by atoms with Gasteiger partial charge in [-0.3, -0.25) is 4.90 Å². The molecule has 2 aromatic heterocycles. The van der Waals surface area contributed by atoms with Crippen molar-refractivity contribution in [3.05, 3.63) is 34.7 Å². The first kappa shape index (κ1) is 13.7. The maximum Gasteiger partial charge on any atom is 0.169 e. The van der Waals surface area contributed by atoms with Crippen molar-refractivity contribution in [2.45, 2.75) is 18.9 Å². The highest BCUT2D eigenvalue weighted by atomic mass is 79.9. The van der Waals surface area contributed by atoms with Gasteiger partial charge in [-0.2, -0.15) is 5.10 Å². The van der Waals surface area contributed by atoms with Crippen LogP contribution in [0, 0.1) is 0 Å². The van der Waals surface area contributed by atoms with Crippen LogP contribution in [0.25, 0.3) is 11.7 Å². The van der Waals surface area contributed by atoms with Crippen LogP contribution in [0.2, 0.25) is 0 Å². The van der Waals surface area contributed by atoms with E-state index in [9.17, 15) is 5.11 Å². The molecule has 6 heteroatoms. The van der Waals surface area contributed by atoms with Gasteiger partial charge in [0.15, 0.2) is 5.65 Å². The number of fused-ring (bicyclic) bond motifs is 1. The number of aliphatic hydroxyl groups is 1. The number of halogens is 1. The lowest BCUT2D eigenvalue weighted by atomic mass is 10.2. The van der Waals surface area contributed by atoms with E-state index in [0.29, 0.717) is 6.04 Å². The third-order valence-electron chi connectivity index (χ3n) is 3.69. The van der Waals surface area contributed by atoms with Crippen LogP contribution >= 0.6 is 15.9 Å². The van der Waals surface area contributed by atoms with Gasteiger partial charge >= 0.3 is 0 Å². The highest BCUT2D eigenvalue weighted by Crippen LogP contribution is 2.17. The van der Waals surface area contributed by atoms with Crippen LogP contribution in [-0.4, -0.2) is 50.3 Å². The van der Waals surface area contributed by atoms with E-state index in [1.165, 1.54) is 6.42 Å². The van der Waals surface area contributed by atoms with E-state index in [1.54, 1.807) is 10.7 Å². The highest BCUT2D eigenvalue weighted by Gasteiger charge is 2.21. The van der Waals surface area contributed by atoms with Gasteiger partial charge in [-0.15, -0.1) is 0 Å². The fraction of sp³-hybridized carbons (Fsp3) is 0.429. The van der Waals surface area contributed by atoms with Crippen LogP contribution in [-0.2, 0) is 0 Å². The first-order chi connectivity index (χ1) is 9.78. The van der Waals surface area contributed by atoms with Crippen molar-refractivity contribution in [3.63, 3.8) is 0 Å². The molecule has 2 aromatic rings. The number of hydrogen-bond acceptors (Lipinski definition) is 4. The zero-order valence-electron chi connectivity index (χ0n) is 11.1. The lowest BCUT2D eigenvalue weighted by Crippen LogP contribution is -2.32. The van der Waals surface area contributed by atoms with Gasteiger partial charge in [-0.1, -0.05) is 6.08 Å². The number of likely N-dealkylation sites (tertiary alicyclic amines) is 1. The Kier molecular flexibility index (Phi) is 4.14. The quantitative estimate of drug-likeness (QED) is 0.927. The third kappa shape index (κ3) is 2.77. The van der Waals surface area contributed by atoms with E-state index in [1.807, 2.05) is 18.3 Å². The summed E-state index contributed by atoms with van der Waals surface area (Å²) in [5.74, 6) is 0. The number of hydrogen-bond donors (Lipinski definition) is 1. The molecule has 3 rings (SSSR count). The Balaban J connectivity index is 1.69. The molecule has 1 aliphatic rings. The van der Waals surface area contributed by atoms with Crippen molar-refractivity contribution in [2.24, 2.45) is 0 Å². The molecule has 0 saturated carbocycles. The van der Waals surface area contributed by atoms with Crippen molar-refractivity contribution in [1.82, 2.24) is 19.5 Å². The van der Waals surface area contributed by atoms with Crippen molar-refractivity contribution in [3.8, 4) is 0 Å². The smallest absolute Gasteiger partial charge is 0.169 e. The summed E-state index contributed by atoms with van der Waals surface area (Å²) in [6.07, 6.45) is 10.0. The molecule has 0 unspecified atom stereocenters. The van der Waals surface area contributed by atoms with Gasteiger partial charge in [0.25, 0.3) is 0 Å². The molecule has 0 aromatic carbocycles. The first-order valence-electron chi connectivity index (χ1n) is 6.79. The fourth-order valence-electron chi connectivity index (χ4n) is 2.60. The van der Waals surface area contributed by atoms with Gasteiger partial charge in [-0.25, -0.2) is 9.50 Å². The van der Waals surface area contributed by atoms with Gasteiger partial charge in [0.05, 0.1) is 23.0 Å².